The van der Waals surface area contributed by atoms with Gasteiger partial charge in [-0.2, -0.15) is 0 Å². The molecule has 3 rings (SSSR count). The number of amidine groups is 1. The first kappa shape index (κ1) is 14.0. The second-order valence-electron chi connectivity index (χ2n) is 4.84. The van der Waals surface area contributed by atoms with Crippen LogP contribution in [0.25, 0.3) is 0 Å². The summed E-state index contributed by atoms with van der Waals surface area (Å²) in [7, 11) is 0. The molecule has 1 aromatic carbocycles. The van der Waals surface area contributed by atoms with E-state index in [1.54, 1.807) is 0 Å². The number of para-hydroxylation sites is 1. The van der Waals surface area contributed by atoms with Crippen molar-refractivity contribution >= 4 is 26.4 Å². The van der Waals surface area contributed by atoms with Gasteiger partial charge in [0.25, 0.3) is 0 Å². The Labute approximate surface area is 124 Å². The summed E-state index contributed by atoms with van der Waals surface area (Å²) >= 11 is 2.87. The Hall–Kier alpha value is -0.951. The number of aliphatic hydroxyl groups is 3. The SMILES string of the molecule is OC[C@@H](O)[C@H]1O[C@@H]2[C@@H](N=C([Se])N2c2ccccc2)[C@H]1O. The number of anilines is 1. The van der Waals surface area contributed by atoms with Crippen LogP contribution in [0.3, 0.4) is 0 Å². The van der Waals surface area contributed by atoms with Crippen molar-refractivity contribution in [2.45, 2.75) is 30.6 Å². The molecule has 7 heteroatoms. The maximum absolute atomic E-state index is 10.2. The average Bonchev–Trinajstić information content (AvgIpc) is 2.95. The molecule has 0 aliphatic carbocycles. The zero-order valence-corrected chi connectivity index (χ0v) is 12.2. The third kappa shape index (κ3) is 2.16. The van der Waals surface area contributed by atoms with Crippen LogP contribution in [0, 0.1) is 0 Å². The molecule has 1 radical (unpaired) electrons. The van der Waals surface area contributed by atoms with E-state index < -0.39 is 37.2 Å². The summed E-state index contributed by atoms with van der Waals surface area (Å²) in [4.78, 5) is 6.22. The van der Waals surface area contributed by atoms with Crippen LogP contribution >= 0.6 is 0 Å². The molecule has 0 spiro atoms. The number of fused-ring (bicyclic) bond motifs is 1. The van der Waals surface area contributed by atoms with Crippen molar-refractivity contribution in [3.05, 3.63) is 30.3 Å². The van der Waals surface area contributed by atoms with Gasteiger partial charge in [-0.15, -0.1) is 0 Å². The number of rotatable bonds is 3. The minimum absolute atomic E-state index is 0.457. The van der Waals surface area contributed by atoms with Crippen molar-refractivity contribution in [2.24, 2.45) is 4.99 Å². The van der Waals surface area contributed by atoms with Gasteiger partial charge in [0, 0.05) is 0 Å². The van der Waals surface area contributed by atoms with E-state index in [4.69, 9.17) is 9.84 Å². The predicted molar refractivity (Wildman–Crippen MR) is 73.7 cm³/mol. The molecular formula is C13H15N2O4Se. The molecule has 20 heavy (non-hydrogen) atoms. The van der Waals surface area contributed by atoms with Crippen LogP contribution in [0.1, 0.15) is 0 Å². The number of benzene rings is 1. The summed E-state index contributed by atoms with van der Waals surface area (Å²) in [6, 6.07) is 9.08. The van der Waals surface area contributed by atoms with Crippen molar-refractivity contribution in [1.82, 2.24) is 0 Å². The molecular weight excluding hydrogens is 327 g/mol. The van der Waals surface area contributed by atoms with Gasteiger partial charge in [0.2, 0.25) is 0 Å². The fourth-order valence-corrected chi connectivity index (χ4v) is 3.30. The van der Waals surface area contributed by atoms with Crippen LogP contribution in [0.15, 0.2) is 35.3 Å². The summed E-state index contributed by atoms with van der Waals surface area (Å²) in [5.41, 5.74) is 0.892. The van der Waals surface area contributed by atoms with Gasteiger partial charge in [-0.25, -0.2) is 0 Å². The van der Waals surface area contributed by atoms with E-state index in [2.05, 4.69) is 21.0 Å². The van der Waals surface area contributed by atoms with Gasteiger partial charge in [0.15, 0.2) is 0 Å². The molecule has 2 heterocycles. The number of aliphatic hydroxyl groups excluding tert-OH is 3. The zero-order valence-electron chi connectivity index (χ0n) is 10.5. The molecule has 107 valence electrons. The quantitative estimate of drug-likeness (QED) is 0.604. The van der Waals surface area contributed by atoms with E-state index in [-0.39, 0.29) is 0 Å². The Kier molecular flexibility index (Phi) is 3.81. The van der Waals surface area contributed by atoms with Crippen molar-refractivity contribution in [2.75, 3.05) is 11.5 Å². The molecule has 3 N–H and O–H groups in total. The molecule has 6 nitrogen and oxygen atoms in total. The van der Waals surface area contributed by atoms with Crippen molar-refractivity contribution in [1.29, 1.82) is 0 Å². The van der Waals surface area contributed by atoms with Crippen LogP contribution in [-0.2, 0) is 4.74 Å². The monoisotopic (exact) mass is 343 g/mol. The Bertz CT molecular complexity index is 512. The summed E-state index contributed by atoms with van der Waals surface area (Å²) in [6.07, 6.45) is -3.38. The zero-order chi connectivity index (χ0) is 14.3. The van der Waals surface area contributed by atoms with E-state index >= 15 is 0 Å². The van der Waals surface area contributed by atoms with Gasteiger partial charge >= 0.3 is 124 Å². The molecule has 0 amide bonds. The van der Waals surface area contributed by atoms with Crippen LogP contribution in [-0.4, -0.2) is 73.3 Å². The first-order valence-electron chi connectivity index (χ1n) is 6.35. The number of nitrogens with zero attached hydrogens (tertiary/aromatic N) is 2. The van der Waals surface area contributed by atoms with Gasteiger partial charge in [-0.3, -0.25) is 0 Å². The number of hydrogen-bond donors (Lipinski definition) is 3. The van der Waals surface area contributed by atoms with E-state index in [0.717, 1.165) is 5.69 Å². The second kappa shape index (κ2) is 5.44. The molecule has 1 saturated heterocycles. The standard InChI is InChI=1S/C13H15N2O4Se/c16-6-8(17)11-10(18)9-12(19-11)15(13(20)14-9)7-4-2-1-3-5-7/h1-5,8-12,16-18H,6H2/t8-,9+,10-,11-,12-/m1/s1. The second-order valence-corrected chi connectivity index (χ2v) is 5.61. The van der Waals surface area contributed by atoms with Gasteiger partial charge in [-0.05, 0) is 0 Å². The first-order chi connectivity index (χ1) is 9.63. The first-order valence-corrected chi connectivity index (χ1v) is 7.20. The number of aliphatic imine (C=N–C) groups is 1. The molecule has 2 aliphatic heterocycles. The van der Waals surface area contributed by atoms with Crippen LogP contribution < -0.4 is 4.90 Å². The Balaban J connectivity index is 1.88. The average molecular weight is 342 g/mol. The van der Waals surface area contributed by atoms with Gasteiger partial charge in [0.05, 0.1) is 0 Å². The summed E-state index contributed by atoms with van der Waals surface area (Å²) in [5.74, 6) is 0. The molecule has 5 atom stereocenters. The maximum atomic E-state index is 10.2. The number of hydrogen-bond acceptors (Lipinski definition) is 6. The molecule has 0 saturated carbocycles. The van der Waals surface area contributed by atoms with E-state index in [1.165, 1.54) is 0 Å². The third-order valence-corrected chi connectivity index (χ3v) is 4.23. The van der Waals surface area contributed by atoms with Crippen molar-refractivity contribution in [3.8, 4) is 0 Å². The van der Waals surface area contributed by atoms with Crippen LogP contribution in [0.4, 0.5) is 5.69 Å². The van der Waals surface area contributed by atoms with Gasteiger partial charge in [-0.1, -0.05) is 0 Å². The Morgan fingerprint density at radius 3 is 2.70 bits per heavy atom. The predicted octanol–water partition coefficient (Wildman–Crippen LogP) is -1.16. The van der Waals surface area contributed by atoms with E-state index in [9.17, 15) is 10.2 Å². The molecule has 0 unspecified atom stereocenters. The van der Waals surface area contributed by atoms with Gasteiger partial charge < -0.3 is 0 Å². The minimum atomic E-state index is -1.12. The molecule has 0 bridgehead atoms. The molecule has 0 aromatic heterocycles. The van der Waals surface area contributed by atoms with E-state index in [1.807, 2.05) is 35.2 Å². The summed E-state index contributed by atoms with van der Waals surface area (Å²) in [6.45, 7) is -0.457. The Morgan fingerprint density at radius 1 is 1.35 bits per heavy atom. The number of ether oxygens (including phenoxy) is 1. The summed E-state index contributed by atoms with van der Waals surface area (Å²) < 4.78 is 6.36. The van der Waals surface area contributed by atoms with Crippen molar-refractivity contribution in [3.63, 3.8) is 0 Å². The van der Waals surface area contributed by atoms with Crippen LogP contribution in [0.5, 0.6) is 0 Å². The molecule has 1 fully saturated rings. The fraction of sp³-hybridized carbons (Fsp3) is 0.462. The molecule has 1 aromatic rings. The fourth-order valence-electron chi connectivity index (χ4n) is 2.61. The van der Waals surface area contributed by atoms with Crippen LogP contribution in [0.2, 0.25) is 0 Å². The van der Waals surface area contributed by atoms with Gasteiger partial charge in [0.1, 0.15) is 0 Å². The topological polar surface area (TPSA) is 85.5 Å². The molecule has 2 aliphatic rings. The normalized spacial score (nSPS) is 34.0. The van der Waals surface area contributed by atoms with E-state index in [0.29, 0.717) is 4.73 Å². The van der Waals surface area contributed by atoms with Crippen molar-refractivity contribution < 1.29 is 20.1 Å². The Morgan fingerprint density at radius 2 is 2.05 bits per heavy atom. The summed E-state index contributed by atoms with van der Waals surface area (Å²) in [5, 5.41) is 28.9. The third-order valence-electron chi connectivity index (χ3n) is 3.60.